The van der Waals surface area contributed by atoms with Crippen LogP contribution in [0.15, 0.2) is 0 Å². The molecule has 0 spiro atoms. The molecule has 0 aliphatic rings. The first kappa shape index (κ1) is 16.4. The van der Waals surface area contributed by atoms with E-state index in [1.807, 2.05) is 0 Å². The van der Waals surface area contributed by atoms with Crippen molar-refractivity contribution in [2.24, 2.45) is 17.6 Å². The molecule has 0 saturated carbocycles. The van der Waals surface area contributed by atoms with E-state index in [9.17, 15) is 4.79 Å². The summed E-state index contributed by atoms with van der Waals surface area (Å²) in [6.07, 6.45) is 5.72. The molecule has 1 atom stereocenters. The molecule has 2 N–H and O–H groups in total. The molecule has 17 heavy (non-hydrogen) atoms. The van der Waals surface area contributed by atoms with Crippen molar-refractivity contribution in [3.05, 3.63) is 0 Å². The van der Waals surface area contributed by atoms with Crippen LogP contribution < -0.4 is 5.73 Å². The number of hydrogen-bond acceptors (Lipinski definition) is 3. The second-order valence-corrected chi connectivity index (χ2v) is 5.05. The number of hydrogen-bond donors (Lipinski definition) is 1. The highest BCUT2D eigenvalue weighted by atomic mass is 16.5. The van der Waals surface area contributed by atoms with Crippen molar-refractivity contribution in [3.63, 3.8) is 0 Å². The topological polar surface area (TPSA) is 52.3 Å². The minimum absolute atomic E-state index is 0.0521. The van der Waals surface area contributed by atoms with Crippen LogP contribution in [0, 0.1) is 11.8 Å². The zero-order chi connectivity index (χ0) is 13.1. The molecule has 0 bridgehead atoms. The zero-order valence-corrected chi connectivity index (χ0v) is 11.7. The van der Waals surface area contributed by atoms with Gasteiger partial charge >= 0.3 is 5.97 Å². The van der Waals surface area contributed by atoms with E-state index in [4.69, 9.17) is 10.5 Å². The summed E-state index contributed by atoms with van der Waals surface area (Å²) in [7, 11) is 0. The predicted molar refractivity (Wildman–Crippen MR) is 71.7 cm³/mol. The minimum atomic E-state index is -0.0521. The summed E-state index contributed by atoms with van der Waals surface area (Å²) in [6.45, 7) is 7.80. The Balaban J connectivity index is 3.65. The van der Waals surface area contributed by atoms with Gasteiger partial charge in [0.1, 0.15) is 0 Å². The molecule has 0 aromatic heterocycles. The smallest absolute Gasteiger partial charge is 0.305 e. The predicted octanol–water partition coefficient (Wildman–Crippen LogP) is 3.12. The summed E-state index contributed by atoms with van der Waals surface area (Å²) in [5, 5.41) is 0. The molecule has 0 aliphatic heterocycles. The highest BCUT2D eigenvalue weighted by Crippen LogP contribution is 2.20. The van der Waals surface area contributed by atoms with E-state index in [2.05, 4.69) is 20.8 Å². The highest BCUT2D eigenvalue weighted by molar-refractivity contribution is 5.69. The third-order valence-corrected chi connectivity index (χ3v) is 3.21. The SMILES string of the molecule is CCCCCOC(=O)CCC(CCN)C(C)C. The summed E-state index contributed by atoms with van der Waals surface area (Å²) in [4.78, 5) is 11.5. The van der Waals surface area contributed by atoms with Gasteiger partial charge in [-0.3, -0.25) is 4.79 Å². The summed E-state index contributed by atoms with van der Waals surface area (Å²) in [5.74, 6) is 1.08. The molecule has 0 aliphatic carbocycles. The van der Waals surface area contributed by atoms with E-state index < -0.39 is 0 Å². The fourth-order valence-corrected chi connectivity index (χ4v) is 1.94. The Morgan fingerprint density at radius 1 is 1.24 bits per heavy atom. The lowest BCUT2D eigenvalue weighted by Crippen LogP contribution is -2.16. The molecule has 0 rings (SSSR count). The lowest BCUT2D eigenvalue weighted by Gasteiger charge is -2.19. The van der Waals surface area contributed by atoms with Crippen molar-refractivity contribution < 1.29 is 9.53 Å². The molecule has 1 unspecified atom stereocenters. The van der Waals surface area contributed by atoms with Gasteiger partial charge in [0.05, 0.1) is 6.61 Å². The van der Waals surface area contributed by atoms with Gasteiger partial charge in [0.25, 0.3) is 0 Å². The van der Waals surface area contributed by atoms with Crippen LogP contribution >= 0.6 is 0 Å². The fourth-order valence-electron chi connectivity index (χ4n) is 1.94. The number of unbranched alkanes of at least 4 members (excludes halogenated alkanes) is 2. The van der Waals surface area contributed by atoms with Crippen LogP contribution in [0.25, 0.3) is 0 Å². The number of nitrogens with two attached hydrogens (primary N) is 1. The summed E-state index contributed by atoms with van der Waals surface area (Å²) in [6, 6.07) is 0. The first-order chi connectivity index (χ1) is 8.11. The minimum Gasteiger partial charge on any atom is -0.466 e. The van der Waals surface area contributed by atoms with E-state index in [-0.39, 0.29) is 5.97 Å². The van der Waals surface area contributed by atoms with Crippen LogP contribution in [0.2, 0.25) is 0 Å². The number of rotatable bonds is 10. The maximum atomic E-state index is 11.5. The van der Waals surface area contributed by atoms with Gasteiger partial charge < -0.3 is 10.5 Å². The highest BCUT2D eigenvalue weighted by Gasteiger charge is 2.14. The number of ether oxygens (including phenoxy) is 1. The maximum Gasteiger partial charge on any atom is 0.305 e. The summed E-state index contributed by atoms with van der Waals surface area (Å²) >= 11 is 0. The average Bonchev–Trinajstić information content (AvgIpc) is 2.29. The van der Waals surface area contributed by atoms with Crippen LogP contribution in [0.3, 0.4) is 0 Å². The molecule has 102 valence electrons. The molecular weight excluding hydrogens is 214 g/mol. The van der Waals surface area contributed by atoms with Crippen molar-refractivity contribution in [2.45, 2.75) is 59.3 Å². The monoisotopic (exact) mass is 243 g/mol. The lowest BCUT2D eigenvalue weighted by atomic mass is 9.88. The van der Waals surface area contributed by atoms with Crippen molar-refractivity contribution >= 4 is 5.97 Å². The maximum absolute atomic E-state index is 11.5. The van der Waals surface area contributed by atoms with Crippen LogP contribution in [0.5, 0.6) is 0 Å². The van der Waals surface area contributed by atoms with Crippen molar-refractivity contribution in [2.75, 3.05) is 13.2 Å². The van der Waals surface area contributed by atoms with Gasteiger partial charge in [-0.15, -0.1) is 0 Å². The second kappa shape index (κ2) is 10.6. The molecule has 3 nitrogen and oxygen atoms in total. The fraction of sp³-hybridized carbons (Fsp3) is 0.929. The number of carbonyl (C=O) groups excluding carboxylic acids is 1. The van der Waals surface area contributed by atoms with Crippen LogP contribution in [-0.2, 0) is 9.53 Å². The Kier molecular flexibility index (Phi) is 10.2. The third kappa shape index (κ3) is 9.16. The van der Waals surface area contributed by atoms with Gasteiger partial charge in [-0.05, 0) is 37.6 Å². The first-order valence-electron chi connectivity index (χ1n) is 6.97. The van der Waals surface area contributed by atoms with Gasteiger partial charge in [0.15, 0.2) is 0 Å². The van der Waals surface area contributed by atoms with Gasteiger partial charge in [0, 0.05) is 6.42 Å². The lowest BCUT2D eigenvalue weighted by molar-refractivity contribution is -0.144. The van der Waals surface area contributed by atoms with Crippen molar-refractivity contribution in [3.8, 4) is 0 Å². The number of esters is 1. The summed E-state index contributed by atoms with van der Waals surface area (Å²) < 4.78 is 5.18. The van der Waals surface area contributed by atoms with E-state index in [1.165, 1.54) is 0 Å². The van der Waals surface area contributed by atoms with Crippen LogP contribution in [0.1, 0.15) is 59.3 Å². The Hall–Kier alpha value is -0.570. The largest absolute Gasteiger partial charge is 0.466 e. The summed E-state index contributed by atoms with van der Waals surface area (Å²) in [5.41, 5.74) is 5.57. The Labute approximate surface area is 106 Å². The van der Waals surface area contributed by atoms with Gasteiger partial charge in [-0.25, -0.2) is 0 Å². The Morgan fingerprint density at radius 3 is 2.47 bits per heavy atom. The standard InChI is InChI=1S/C14H29NO2/c1-4-5-6-11-17-14(16)8-7-13(9-10-15)12(2)3/h12-13H,4-11,15H2,1-3H3. The Bertz CT molecular complexity index is 193. The molecule has 0 fully saturated rings. The number of carbonyl (C=O) groups is 1. The molecule has 0 saturated heterocycles. The van der Waals surface area contributed by atoms with Crippen LogP contribution in [0.4, 0.5) is 0 Å². The van der Waals surface area contributed by atoms with E-state index >= 15 is 0 Å². The van der Waals surface area contributed by atoms with E-state index in [1.54, 1.807) is 0 Å². The van der Waals surface area contributed by atoms with Crippen molar-refractivity contribution in [1.29, 1.82) is 0 Å². The molecule has 0 aromatic rings. The second-order valence-electron chi connectivity index (χ2n) is 5.05. The van der Waals surface area contributed by atoms with Crippen LogP contribution in [-0.4, -0.2) is 19.1 Å². The van der Waals surface area contributed by atoms with E-state index in [0.29, 0.717) is 31.4 Å². The quantitative estimate of drug-likeness (QED) is 0.474. The zero-order valence-electron chi connectivity index (χ0n) is 11.7. The molecule has 3 heteroatoms. The molecular formula is C14H29NO2. The molecule has 0 radical (unpaired) electrons. The molecule has 0 amide bonds. The normalized spacial score (nSPS) is 12.8. The van der Waals surface area contributed by atoms with E-state index in [0.717, 1.165) is 32.1 Å². The van der Waals surface area contributed by atoms with Gasteiger partial charge in [0.2, 0.25) is 0 Å². The third-order valence-electron chi connectivity index (χ3n) is 3.21. The van der Waals surface area contributed by atoms with Gasteiger partial charge in [-0.1, -0.05) is 33.6 Å². The first-order valence-corrected chi connectivity index (χ1v) is 6.97. The van der Waals surface area contributed by atoms with Gasteiger partial charge in [-0.2, -0.15) is 0 Å². The molecule has 0 aromatic carbocycles. The van der Waals surface area contributed by atoms with Crippen molar-refractivity contribution in [1.82, 2.24) is 0 Å². The molecule has 0 heterocycles. The Morgan fingerprint density at radius 2 is 1.94 bits per heavy atom. The average molecular weight is 243 g/mol.